The Labute approximate surface area is 123 Å². The quantitative estimate of drug-likeness (QED) is 0.246. The molecule has 0 aromatic carbocycles. The van der Waals surface area contributed by atoms with Gasteiger partial charge in [-0.05, 0) is 38.5 Å². The highest BCUT2D eigenvalue weighted by Gasteiger charge is 2.04. The van der Waals surface area contributed by atoms with E-state index < -0.39 is 18.0 Å². The van der Waals surface area contributed by atoms with Crippen molar-refractivity contribution < 1.29 is 24.6 Å². The molecule has 0 aliphatic carbocycles. The molecule has 8 heteroatoms. The highest BCUT2D eigenvalue weighted by atomic mass is 16.4. The van der Waals surface area contributed by atoms with Gasteiger partial charge in [0.2, 0.25) is 0 Å². The van der Waals surface area contributed by atoms with Crippen molar-refractivity contribution >= 4 is 23.7 Å². The number of aliphatic carboxylic acids is 2. The molecule has 0 radical (unpaired) electrons. The molecule has 2 amide bonds. The number of hydrogen-bond donors (Lipinski definition) is 4. The summed E-state index contributed by atoms with van der Waals surface area (Å²) in [6.45, 7) is 0. The zero-order valence-electron chi connectivity index (χ0n) is 12.0. The highest BCUT2D eigenvalue weighted by Crippen LogP contribution is 2.09. The maximum Gasteiger partial charge on any atom is 0.332 e. The van der Waals surface area contributed by atoms with Gasteiger partial charge in [-0.2, -0.15) is 5.10 Å². The Morgan fingerprint density at radius 3 is 1.71 bits per heavy atom. The number of hydrogen-bond acceptors (Lipinski definition) is 4. The Hall–Kier alpha value is -2.12. The molecule has 0 aromatic heterocycles. The molecule has 0 saturated carbocycles. The lowest BCUT2D eigenvalue weighted by Crippen LogP contribution is -2.25. The number of nitrogens with two attached hydrogens (primary N) is 1. The smallest absolute Gasteiger partial charge is 0.332 e. The molecule has 0 aromatic rings. The monoisotopic (exact) mass is 301 g/mol. The van der Waals surface area contributed by atoms with Crippen LogP contribution in [0.3, 0.4) is 0 Å². The summed E-state index contributed by atoms with van der Waals surface area (Å²) in [5, 5.41) is 21.0. The SMILES string of the molecule is NC(=O)N/N=C(/CCCCCC(=O)O)CCCCC(=O)O. The number of unbranched alkanes of at least 4 members (excludes halogenated alkanes) is 3. The average Bonchev–Trinajstić information content (AvgIpc) is 2.38. The van der Waals surface area contributed by atoms with E-state index in [0.29, 0.717) is 32.1 Å². The zero-order chi connectivity index (χ0) is 16.1. The molecular formula is C13H23N3O5. The fraction of sp³-hybridized carbons (Fsp3) is 0.692. The third-order valence-electron chi connectivity index (χ3n) is 2.79. The number of amides is 2. The molecule has 0 bridgehead atoms. The van der Waals surface area contributed by atoms with Crippen molar-refractivity contribution in [1.82, 2.24) is 5.43 Å². The normalized spacial score (nSPS) is 11.1. The number of carboxylic acids is 2. The average molecular weight is 301 g/mol. The van der Waals surface area contributed by atoms with Crippen molar-refractivity contribution in [3.05, 3.63) is 0 Å². The maximum absolute atomic E-state index is 10.6. The Kier molecular flexibility index (Phi) is 10.5. The molecule has 0 aliphatic heterocycles. The summed E-state index contributed by atoms with van der Waals surface area (Å²) in [7, 11) is 0. The highest BCUT2D eigenvalue weighted by molar-refractivity contribution is 5.85. The maximum atomic E-state index is 10.6. The van der Waals surface area contributed by atoms with Gasteiger partial charge in [-0.3, -0.25) is 9.59 Å². The van der Waals surface area contributed by atoms with Gasteiger partial charge in [0.15, 0.2) is 0 Å². The summed E-state index contributed by atoms with van der Waals surface area (Å²) in [6.07, 6.45) is 4.82. The van der Waals surface area contributed by atoms with E-state index in [4.69, 9.17) is 15.9 Å². The molecule has 0 spiro atoms. The van der Waals surface area contributed by atoms with Crippen LogP contribution in [0.4, 0.5) is 4.79 Å². The van der Waals surface area contributed by atoms with Gasteiger partial charge in [0.1, 0.15) is 0 Å². The molecule has 0 saturated heterocycles. The molecule has 0 fully saturated rings. The zero-order valence-corrected chi connectivity index (χ0v) is 12.0. The van der Waals surface area contributed by atoms with Crippen LogP contribution >= 0.6 is 0 Å². The van der Waals surface area contributed by atoms with Crippen molar-refractivity contribution in [2.45, 2.75) is 57.8 Å². The number of nitrogens with one attached hydrogen (secondary N) is 1. The number of rotatable bonds is 12. The minimum absolute atomic E-state index is 0.106. The van der Waals surface area contributed by atoms with Crippen LogP contribution in [0.2, 0.25) is 0 Å². The lowest BCUT2D eigenvalue weighted by atomic mass is 10.0. The van der Waals surface area contributed by atoms with Gasteiger partial charge in [-0.15, -0.1) is 0 Å². The minimum atomic E-state index is -0.836. The topological polar surface area (TPSA) is 142 Å². The predicted molar refractivity (Wildman–Crippen MR) is 77.0 cm³/mol. The Bertz CT molecular complexity index is 382. The summed E-state index contributed by atoms with van der Waals surface area (Å²) in [5.74, 6) is -1.65. The van der Waals surface area contributed by atoms with Crippen LogP contribution in [0.25, 0.3) is 0 Å². The van der Waals surface area contributed by atoms with E-state index in [9.17, 15) is 14.4 Å². The van der Waals surface area contributed by atoms with Gasteiger partial charge in [-0.1, -0.05) is 6.42 Å². The Morgan fingerprint density at radius 2 is 1.24 bits per heavy atom. The van der Waals surface area contributed by atoms with Crippen molar-refractivity contribution in [2.75, 3.05) is 0 Å². The Balaban J connectivity index is 4.02. The molecule has 8 nitrogen and oxygen atoms in total. The molecule has 21 heavy (non-hydrogen) atoms. The molecule has 0 unspecified atom stereocenters. The van der Waals surface area contributed by atoms with Crippen molar-refractivity contribution in [2.24, 2.45) is 10.8 Å². The van der Waals surface area contributed by atoms with E-state index in [1.54, 1.807) is 0 Å². The van der Waals surface area contributed by atoms with E-state index in [0.717, 1.165) is 18.6 Å². The number of carbonyl (C=O) groups excluding carboxylic acids is 1. The van der Waals surface area contributed by atoms with Crippen LogP contribution in [-0.2, 0) is 9.59 Å². The van der Waals surface area contributed by atoms with Gasteiger partial charge >= 0.3 is 18.0 Å². The second-order valence-electron chi connectivity index (χ2n) is 4.71. The van der Waals surface area contributed by atoms with Crippen molar-refractivity contribution in [3.63, 3.8) is 0 Å². The van der Waals surface area contributed by atoms with Gasteiger partial charge in [-0.25, -0.2) is 10.2 Å². The van der Waals surface area contributed by atoms with E-state index in [1.807, 2.05) is 0 Å². The van der Waals surface area contributed by atoms with Crippen LogP contribution < -0.4 is 11.2 Å². The molecule has 0 rings (SSSR count). The largest absolute Gasteiger partial charge is 0.481 e. The van der Waals surface area contributed by atoms with Crippen LogP contribution in [0.5, 0.6) is 0 Å². The number of primary amides is 1. The van der Waals surface area contributed by atoms with Crippen LogP contribution in [0, 0.1) is 0 Å². The molecule has 0 atom stereocenters. The summed E-state index contributed by atoms with van der Waals surface area (Å²) in [6, 6.07) is -0.746. The first-order valence-electron chi connectivity index (χ1n) is 6.96. The lowest BCUT2D eigenvalue weighted by Gasteiger charge is -2.06. The minimum Gasteiger partial charge on any atom is -0.481 e. The van der Waals surface area contributed by atoms with Crippen LogP contribution in [0.15, 0.2) is 5.10 Å². The summed E-state index contributed by atoms with van der Waals surface area (Å²) in [5.41, 5.74) is 7.86. The number of carbonyl (C=O) groups is 3. The molecule has 5 N–H and O–H groups in total. The van der Waals surface area contributed by atoms with Gasteiger partial charge in [0, 0.05) is 18.6 Å². The molecule has 120 valence electrons. The standard InChI is InChI=1S/C13H23N3O5/c14-13(21)16-15-10(7-4-5-9-12(19)20)6-2-1-3-8-11(17)18/h1-9H2,(H,17,18)(H,19,20)(H3,14,16,21)/b15-10-. The number of nitrogens with zero attached hydrogens (tertiary/aromatic N) is 1. The van der Waals surface area contributed by atoms with Crippen LogP contribution in [-0.4, -0.2) is 33.9 Å². The third kappa shape index (κ3) is 14.1. The van der Waals surface area contributed by atoms with Crippen LogP contribution in [0.1, 0.15) is 57.8 Å². The van der Waals surface area contributed by atoms with Gasteiger partial charge in [0.05, 0.1) is 0 Å². The second-order valence-corrected chi connectivity index (χ2v) is 4.71. The number of urea groups is 1. The second kappa shape index (κ2) is 11.7. The summed E-state index contributed by atoms with van der Waals surface area (Å²) >= 11 is 0. The molecule has 0 aliphatic rings. The lowest BCUT2D eigenvalue weighted by molar-refractivity contribution is -0.138. The first-order chi connectivity index (χ1) is 9.91. The first kappa shape index (κ1) is 18.9. The summed E-state index contributed by atoms with van der Waals surface area (Å²) in [4.78, 5) is 31.4. The molecule has 0 heterocycles. The van der Waals surface area contributed by atoms with E-state index in [2.05, 4.69) is 10.5 Å². The van der Waals surface area contributed by atoms with E-state index >= 15 is 0 Å². The Morgan fingerprint density at radius 1 is 0.810 bits per heavy atom. The molecular weight excluding hydrogens is 278 g/mol. The first-order valence-corrected chi connectivity index (χ1v) is 6.96. The fourth-order valence-corrected chi connectivity index (χ4v) is 1.76. The number of hydrazone groups is 1. The predicted octanol–water partition coefficient (Wildman–Crippen LogP) is 1.69. The van der Waals surface area contributed by atoms with Crippen molar-refractivity contribution in [3.8, 4) is 0 Å². The van der Waals surface area contributed by atoms with Gasteiger partial charge in [0.25, 0.3) is 0 Å². The fourth-order valence-electron chi connectivity index (χ4n) is 1.76. The summed E-state index contributed by atoms with van der Waals surface area (Å²) < 4.78 is 0. The third-order valence-corrected chi connectivity index (χ3v) is 2.79. The van der Waals surface area contributed by atoms with E-state index in [-0.39, 0.29) is 12.8 Å². The number of carboxylic acid groups (broad SMARTS) is 2. The van der Waals surface area contributed by atoms with Crippen molar-refractivity contribution in [1.29, 1.82) is 0 Å². The van der Waals surface area contributed by atoms with E-state index in [1.165, 1.54) is 0 Å². The van der Waals surface area contributed by atoms with Gasteiger partial charge < -0.3 is 15.9 Å².